The van der Waals surface area contributed by atoms with Crippen LogP contribution in [0, 0.1) is 9.81 Å². The van der Waals surface area contributed by atoms with Crippen LogP contribution < -0.4 is 0 Å². The van der Waals surface area contributed by atoms with Gasteiger partial charge in [0.2, 0.25) is 0 Å². The second kappa shape index (κ2) is 75.8. The van der Waals surface area contributed by atoms with Gasteiger partial charge in [-0.05, 0) is 0 Å². The van der Waals surface area contributed by atoms with Gasteiger partial charge < -0.3 is 32.9 Å². The van der Waals surface area contributed by atoms with Gasteiger partial charge in [0, 0.05) is 23.1 Å². The maximum atomic E-state index is 8.47. The van der Waals surface area contributed by atoms with Crippen LogP contribution in [0.3, 0.4) is 0 Å². The van der Waals surface area contributed by atoms with Gasteiger partial charge in [-0.25, -0.2) is 20.8 Å². The fourth-order valence-corrected chi connectivity index (χ4v) is 0. The van der Waals surface area contributed by atoms with Gasteiger partial charge in [-0.3, -0.25) is 0 Å². The summed E-state index contributed by atoms with van der Waals surface area (Å²) in [6.45, 7) is 0. The SMILES string of the molecule is O.O.O.O.O.O.O=[N+](O)O.O=[N+](O)O.[Mg]. The third-order valence-electron chi connectivity index (χ3n) is 0. The molecule has 0 heterocycles. The lowest BCUT2D eigenvalue weighted by Crippen LogP contribution is -1.87. The molecule has 0 aromatic carbocycles. The van der Waals surface area contributed by atoms with Gasteiger partial charge in [0.05, 0.1) is 0 Å². The normalized spacial score (nSPS) is 3.20. The first-order chi connectivity index (χ1) is 3.46. The van der Waals surface area contributed by atoms with Crippen molar-refractivity contribution in [1.82, 2.24) is 0 Å². The van der Waals surface area contributed by atoms with Crippen molar-refractivity contribution in [2.24, 2.45) is 0 Å². The minimum Gasteiger partial charge on any atom is -0.412 e. The van der Waals surface area contributed by atoms with Crippen LogP contribution in [0.1, 0.15) is 0 Å². The Labute approximate surface area is 97.3 Å². The third kappa shape index (κ3) is 1340. The quantitative estimate of drug-likeness (QED) is 0.242. The van der Waals surface area contributed by atoms with E-state index < -0.39 is 10.2 Å². The highest BCUT2D eigenvalue weighted by molar-refractivity contribution is 5.75. The zero-order valence-corrected chi connectivity index (χ0v) is 8.62. The van der Waals surface area contributed by atoms with Crippen molar-refractivity contribution in [2.75, 3.05) is 0 Å². The van der Waals surface area contributed by atoms with Gasteiger partial charge in [0.15, 0.2) is 0 Å². The molecule has 2 radical (unpaired) electrons. The molecule has 0 saturated heterocycles. The van der Waals surface area contributed by atoms with E-state index in [1.807, 2.05) is 0 Å². The molecule has 0 aromatic heterocycles. The number of nitrogens with zero attached hydrogens (tertiary/aromatic N) is 2. The van der Waals surface area contributed by atoms with Crippen molar-refractivity contribution in [1.29, 1.82) is 0 Å². The van der Waals surface area contributed by atoms with Crippen LogP contribution in [0.15, 0.2) is 0 Å². The van der Waals surface area contributed by atoms with Crippen molar-refractivity contribution in [3.63, 3.8) is 0 Å². The lowest BCUT2D eigenvalue weighted by Gasteiger charge is -1.45. The Balaban J connectivity index is -0.00000000468. The smallest absolute Gasteiger partial charge is 0.412 e. The maximum absolute atomic E-state index is 8.47. The molecule has 0 aliphatic heterocycles. The van der Waals surface area contributed by atoms with E-state index in [0.29, 0.717) is 0 Å². The Morgan fingerprint density at radius 2 is 0.533 bits per heavy atom. The summed E-state index contributed by atoms with van der Waals surface area (Å²) in [4.78, 5) is 16.9. The second-order valence-electron chi connectivity index (χ2n) is 0.505. The molecule has 0 unspecified atom stereocenters. The van der Waals surface area contributed by atoms with Gasteiger partial charge in [0.1, 0.15) is 9.81 Å². The molecular weight excluding hydrogens is 244 g/mol. The minimum atomic E-state index is -1.25. The molecular formula is H16MgN2O12+2. The van der Waals surface area contributed by atoms with Gasteiger partial charge in [-0.2, -0.15) is 0 Å². The standard InChI is InChI=1S/Mg.2H2NO3.6H2O/c;2*2-1(3)4;;;;;;/h;2*(H2,2,3,4);6*1H2/q;2*+1;;;;;;. The van der Waals surface area contributed by atoms with E-state index in [1.165, 1.54) is 0 Å². The Hall–Kier alpha value is -1.07. The zero-order chi connectivity index (χ0) is 7.15. The first-order valence-corrected chi connectivity index (χ1v) is 1.17. The monoisotopic (exact) mass is 260 g/mol. The van der Waals surface area contributed by atoms with Crippen LogP contribution in [0.4, 0.5) is 0 Å². The number of hydrogen-bond acceptors (Lipinski definition) is 2. The first kappa shape index (κ1) is 95.9. The molecule has 0 spiro atoms. The number of rotatable bonds is 0. The van der Waals surface area contributed by atoms with Crippen molar-refractivity contribution in [3.8, 4) is 0 Å². The van der Waals surface area contributed by atoms with Crippen molar-refractivity contribution in [3.05, 3.63) is 9.81 Å². The molecule has 0 amide bonds. The van der Waals surface area contributed by atoms with Crippen LogP contribution >= 0.6 is 0 Å². The minimum absolute atomic E-state index is 0. The average molecular weight is 260 g/mol. The molecule has 0 aliphatic rings. The second-order valence-corrected chi connectivity index (χ2v) is 0.505. The first-order valence-electron chi connectivity index (χ1n) is 1.17. The molecule has 15 heteroatoms. The highest BCUT2D eigenvalue weighted by Crippen LogP contribution is 1.31. The zero-order valence-electron chi connectivity index (χ0n) is 7.21. The highest BCUT2D eigenvalue weighted by atomic mass is 24.3. The molecule has 0 atom stereocenters. The number of hydrogen-bond donors (Lipinski definition) is 4. The lowest BCUT2D eigenvalue weighted by atomic mass is 13.1. The van der Waals surface area contributed by atoms with Crippen molar-refractivity contribution < 1.29 is 63.9 Å². The van der Waals surface area contributed by atoms with Crippen molar-refractivity contribution >= 4 is 23.1 Å². The van der Waals surface area contributed by atoms with Crippen LogP contribution in [0.2, 0.25) is 0 Å². The molecule has 0 bridgehead atoms. The van der Waals surface area contributed by atoms with E-state index in [9.17, 15) is 0 Å². The average Bonchev–Trinajstić information content (AvgIpc) is 1.25. The summed E-state index contributed by atoms with van der Waals surface area (Å²) < 4.78 is 0. The van der Waals surface area contributed by atoms with Crippen molar-refractivity contribution in [2.45, 2.75) is 0 Å². The van der Waals surface area contributed by atoms with Gasteiger partial charge in [0.25, 0.3) is 0 Å². The molecule has 14 nitrogen and oxygen atoms in total. The summed E-state index contributed by atoms with van der Waals surface area (Å²) >= 11 is 0. The predicted octanol–water partition coefficient (Wildman–Crippen LogP) is -6.24. The van der Waals surface area contributed by atoms with E-state index in [-0.39, 0.29) is 55.9 Å². The summed E-state index contributed by atoms with van der Waals surface area (Å²) in [5.74, 6) is 0. The molecule has 0 fully saturated rings. The van der Waals surface area contributed by atoms with E-state index in [1.54, 1.807) is 0 Å². The van der Waals surface area contributed by atoms with Gasteiger partial charge in [-0.1, -0.05) is 0 Å². The molecule has 0 saturated carbocycles. The highest BCUT2D eigenvalue weighted by Gasteiger charge is 1.79. The van der Waals surface area contributed by atoms with Crippen LogP contribution in [-0.2, 0) is 0 Å². The summed E-state index contributed by atoms with van der Waals surface area (Å²) in [6, 6.07) is 0. The summed E-state index contributed by atoms with van der Waals surface area (Å²) in [5.41, 5.74) is 0. The topological polar surface area (TPSA) is 310 Å². The van der Waals surface area contributed by atoms with Crippen LogP contribution in [0.5, 0.6) is 0 Å². The largest absolute Gasteiger partial charge is 0.472 e. The molecule has 0 aromatic rings. The Bertz CT molecular complexity index is 71.6. The Kier molecular flexibility index (Phi) is 484. The summed E-state index contributed by atoms with van der Waals surface area (Å²) in [6.07, 6.45) is 0. The van der Waals surface area contributed by atoms with Gasteiger partial charge >= 0.3 is 10.2 Å². The Morgan fingerprint density at radius 1 is 0.533 bits per heavy atom. The summed E-state index contributed by atoms with van der Waals surface area (Å²) in [5, 5.41) is 25.1. The summed E-state index contributed by atoms with van der Waals surface area (Å²) in [7, 11) is 0. The molecule has 0 aliphatic carbocycles. The molecule has 98 valence electrons. The molecule has 16 N–H and O–H groups in total. The van der Waals surface area contributed by atoms with E-state index in [0.717, 1.165) is 0 Å². The fourth-order valence-electron chi connectivity index (χ4n) is 0. The Morgan fingerprint density at radius 3 is 0.533 bits per heavy atom. The maximum Gasteiger partial charge on any atom is 0.472 e. The van der Waals surface area contributed by atoms with Crippen LogP contribution in [-0.4, -0.2) is 86.9 Å². The predicted molar refractivity (Wildman–Crippen MR) is 41.8 cm³/mol. The van der Waals surface area contributed by atoms with E-state index in [2.05, 4.69) is 0 Å². The van der Waals surface area contributed by atoms with E-state index >= 15 is 0 Å². The van der Waals surface area contributed by atoms with Crippen LogP contribution in [0.25, 0.3) is 0 Å². The fraction of sp³-hybridized carbons (Fsp3) is 0. The molecule has 15 heavy (non-hydrogen) atoms. The lowest BCUT2D eigenvalue weighted by molar-refractivity contribution is -0.969. The van der Waals surface area contributed by atoms with Gasteiger partial charge in [-0.15, -0.1) is 0 Å². The third-order valence-corrected chi connectivity index (χ3v) is 0. The molecule has 0 rings (SSSR count). The van der Waals surface area contributed by atoms with E-state index in [4.69, 9.17) is 30.6 Å².